The van der Waals surface area contributed by atoms with Crippen molar-refractivity contribution < 1.29 is 4.79 Å². The van der Waals surface area contributed by atoms with E-state index in [2.05, 4.69) is 40.0 Å². The minimum Gasteiger partial charge on any atom is -0.354 e. The molecule has 3 rings (SSSR count). The maximum Gasteiger partial charge on any atom is 0.221 e. The molecule has 1 amide bonds. The predicted molar refractivity (Wildman–Crippen MR) is 100.0 cm³/mol. The van der Waals surface area contributed by atoms with Crippen LogP contribution in [0.2, 0.25) is 0 Å². The van der Waals surface area contributed by atoms with E-state index in [0.717, 1.165) is 18.5 Å². The van der Waals surface area contributed by atoms with E-state index in [1.807, 2.05) is 17.8 Å². The summed E-state index contributed by atoms with van der Waals surface area (Å²) in [4.78, 5) is 12.0. The SMILES string of the molecule is Cc1cnn(CCC(=O)NCC2NCCc3ccccc32)c1.Cl.Cl. The first-order valence-electron chi connectivity index (χ1n) is 7.79. The average Bonchev–Trinajstić information content (AvgIpc) is 2.96. The van der Waals surface area contributed by atoms with Crippen LogP contribution in [0.15, 0.2) is 36.7 Å². The van der Waals surface area contributed by atoms with Gasteiger partial charge in [-0.15, -0.1) is 24.8 Å². The average molecular weight is 371 g/mol. The number of hydrogen-bond donors (Lipinski definition) is 2. The van der Waals surface area contributed by atoms with Gasteiger partial charge in [-0.25, -0.2) is 0 Å². The van der Waals surface area contributed by atoms with E-state index in [1.54, 1.807) is 6.20 Å². The van der Waals surface area contributed by atoms with Crippen LogP contribution in [0.3, 0.4) is 0 Å². The molecular formula is C17H24Cl2N4O. The van der Waals surface area contributed by atoms with Gasteiger partial charge in [0.2, 0.25) is 5.91 Å². The van der Waals surface area contributed by atoms with Crippen LogP contribution in [-0.4, -0.2) is 28.8 Å². The summed E-state index contributed by atoms with van der Waals surface area (Å²) in [5.74, 6) is 0.0676. The highest BCUT2D eigenvalue weighted by Crippen LogP contribution is 2.21. The number of amides is 1. The van der Waals surface area contributed by atoms with Crippen molar-refractivity contribution in [3.05, 3.63) is 53.3 Å². The Kier molecular flexibility index (Phi) is 8.25. The molecule has 1 aliphatic rings. The van der Waals surface area contributed by atoms with Gasteiger partial charge in [0.25, 0.3) is 0 Å². The lowest BCUT2D eigenvalue weighted by Gasteiger charge is -2.27. The normalized spacial score (nSPS) is 15.6. The van der Waals surface area contributed by atoms with Crippen molar-refractivity contribution in [1.29, 1.82) is 0 Å². The first kappa shape index (κ1) is 20.5. The van der Waals surface area contributed by atoms with Crippen molar-refractivity contribution >= 4 is 30.7 Å². The van der Waals surface area contributed by atoms with Gasteiger partial charge in [-0.2, -0.15) is 5.10 Å². The number of hydrogen-bond acceptors (Lipinski definition) is 3. The molecule has 132 valence electrons. The topological polar surface area (TPSA) is 59.0 Å². The van der Waals surface area contributed by atoms with Crippen LogP contribution in [0, 0.1) is 6.92 Å². The molecule has 1 aliphatic heterocycles. The fraction of sp³-hybridized carbons (Fsp3) is 0.412. The molecule has 2 N–H and O–H groups in total. The number of fused-ring (bicyclic) bond motifs is 1. The fourth-order valence-electron chi connectivity index (χ4n) is 2.88. The van der Waals surface area contributed by atoms with E-state index in [0.29, 0.717) is 19.5 Å². The molecule has 0 radical (unpaired) electrons. The van der Waals surface area contributed by atoms with Gasteiger partial charge in [0.1, 0.15) is 0 Å². The Morgan fingerprint density at radius 2 is 2.17 bits per heavy atom. The van der Waals surface area contributed by atoms with Crippen LogP contribution >= 0.6 is 24.8 Å². The summed E-state index contributed by atoms with van der Waals surface area (Å²) < 4.78 is 1.81. The van der Waals surface area contributed by atoms with Crippen LogP contribution in [0.5, 0.6) is 0 Å². The zero-order chi connectivity index (χ0) is 15.4. The Balaban J connectivity index is 0.00000144. The Morgan fingerprint density at radius 3 is 2.92 bits per heavy atom. The van der Waals surface area contributed by atoms with E-state index in [1.165, 1.54) is 11.1 Å². The molecule has 1 atom stereocenters. The van der Waals surface area contributed by atoms with Crippen molar-refractivity contribution in [1.82, 2.24) is 20.4 Å². The summed E-state index contributed by atoms with van der Waals surface area (Å²) in [6.07, 6.45) is 5.27. The van der Waals surface area contributed by atoms with Crippen molar-refractivity contribution in [2.45, 2.75) is 32.4 Å². The number of aromatic nitrogens is 2. The lowest BCUT2D eigenvalue weighted by Crippen LogP contribution is -2.39. The van der Waals surface area contributed by atoms with Crippen molar-refractivity contribution in [3.8, 4) is 0 Å². The third-order valence-electron chi connectivity index (χ3n) is 4.05. The Hall–Kier alpha value is -1.56. The minimum atomic E-state index is 0. The number of carbonyl (C=O) groups is 1. The number of benzene rings is 1. The molecule has 5 nitrogen and oxygen atoms in total. The molecule has 1 aromatic carbocycles. The molecule has 0 spiro atoms. The number of aryl methyl sites for hydroxylation is 2. The highest BCUT2D eigenvalue weighted by molar-refractivity contribution is 5.85. The molecule has 2 aromatic rings. The van der Waals surface area contributed by atoms with Gasteiger partial charge < -0.3 is 10.6 Å². The van der Waals surface area contributed by atoms with Crippen LogP contribution in [0.4, 0.5) is 0 Å². The quantitative estimate of drug-likeness (QED) is 0.849. The molecule has 1 aromatic heterocycles. The molecular weight excluding hydrogens is 347 g/mol. The van der Waals surface area contributed by atoms with Gasteiger partial charge in [-0.1, -0.05) is 24.3 Å². The number of carbonyl (C=O) groups excluding carboxylic acids is 1. The lowest BCUT2D eigenvalue weighted by molar-refractivity contribution is -0.121. The third-order valence-corrected chi connectivity index (χ3v) is 4.05. The second kappa shape index (κ2) is 9.67. The minimum absolute atomic E-state index is 0. The molecule has 2 heterocycles. The maximum atomic E-state index is 12.0. The Labute approximate surface area is 155 Å². The molecule has 0 aliphatic carbocycles. The van der Waals surface area contributed by atoms with E-state index >= 15 is 0 Å². The predicted octanol–water partition coefficient (Wildman–Crippen LogP) is 2.43. The maximum absolute atomic E-state index is 12.0. The lowest BCUT2D eigenvalue weighted by atomic mass is 9.94. The van der Waals surface area contributed by atoms with Gasteiger partial charge in [-0.05, 0) is 36.6 Å². The van der Waals surface area contributed by atoms with Gasteiger partial charge in [0.15, 0.2) is 0 Å². The summed E-state index contributed by atoms with van der Waals surface area (Å²) >= 11 is 0. The summed E-state index contributed by atoms with van der Waals surface area (Å²) in [5.41, 5.74) is 3.80. The van der Waals surface area contributed by atoms with Gasteiger partial charge in [-0.3, -0.25) is 9.48 Å². The van der Waals surface area contributed by atoms with Crippen LogP contribution in [0.1, 0.15) is 29.2 Å². The molecule has 0 saturated carbocycles. The fourth-order valence-corrected chi connectivity index (χ4v) is 2.88. The van der Waals surface area contributed by atoms with Crippen LogP contribution < -0.4 is 10.6 Å². The van der Waals surface area contributed by atoms with Crippen molar-refractivity contribution in [3.63, 3.8) is 0 Å². The Bertz CT molecular complexity index is 660. The molecule has 1 unspecified atom stereocenters. The first-order chi connectivity index (χ1) is 10.7. The van der Waals surface area contributed by atoms with Crippen molar-refractivity contribution in [2.75, 3.05) is 13.1 Å². The number of halogens is 2. The first-order valence-corrected chi connectivity index (χ1v) is 7.79. The van der Waals surface area contributed by atoms with Crippen LogP contribution in [0.25, 0.3) is 0 Å². The van der Waals surface area contributed by atoms with E-state index in [-0.39, 0.29) is 36.8 Å². The molecule has 0 saturated heterocycles. The highest BCUT2D eigenvalue weighted by atomic mass is 35.5. The van der Waals surface area contributed by atoms with E-state index < -0.39 is 0 Å². The molecule has 0 bridgehead atoms. The van der Waals surface area contributed by atoms with E-state index in [9.17, 15) is 4.79 Å². The highest BCUT2D eigenvalue weighted by Gasteiger charge is 2.19. The number of rotatable bonds is 5. The monoisotopic (exact) mass is 370 g/mol. The summed E-state index contributed by atoms with van der Waals surface area (Å²) in [6.45, 7) is 4.21. The summed E-state index contributed by atoms with van der Waals surface area (Å²) in [6, 6.07) is 8.66. The third kappa shape index (κ3) is 5.23. The van der Waals surface area contributed by atoms with Gasteiger partial charge in [0.05, 0.1) is 6.20 Å². The van der Waals surface area contributed by atoms with Crippen molar-refractivity contribution in [2.24, 2.45) is 0 Å². The second-order valence-electron chi connectivity index (χ2n) is 5.79. The standard InChI is InChI=1S/C17H22N4O.2ClH/c1-13-10-20-21(12-13)9-7-17(22)19-11-16-15-5-3-2-4-14(15)6-8-18-16;;/h2-5,10,12,16,18H,6-9,11H2,1H3,(H,19,22);2*1H. The molecule has 24 heavy (non-hydrogen) atoms. The molecule has 0 fully saturated rings. The summed E-state index contributed by atoms with van der Waals surface area (Å²) in [5, 5.41) is 10.7. The zero-order valence-electron chi connectivity index (χ0n) is 13.7. The molecule has 7 heteroatoms. The Morgan fingerprint density at radius 1 is 1.38 bits per heavy atom. The zero-order valence-corrected chi connectivity index (χ0v) is 15.3. The summed E-state index contributed by atoms with van der Waals surface area (Å²) in [7, 11) is 0. The number of nitrogens with zero attached hydrogens (tertiary/aromatic N) is 2. The van der Waals surface area contributed by atoms with Gasteiger partial charge >= 0.3 is 0 Å². The number of nitrogens with one attached hydrogen (secondary N) is 2. The largest absolute Gasteiger partial charge is 0.354 e. The second-order valence-corrected chi connectivity index (χ2v) is 5.79. The van der Waals surface area contributed by atoms with Crippen LogP contribution in [-0.2, 0) is 17.8 Å². The van der Waals surface area contributed by atoms with Gasteiger partial charge in [0, 0.05) is 31.7 Å². The van der Waals surface area contributed by atoms with E-state index in [4.69, 9.17) is 0 Å². The smallest absolute Gasteiger partial charge is 0.221 e.